The van der Waals surface area contributed by atoms with Crippen LogP contribution in [-0.4, -0.2) is 24.7 Å². The van der Waals surface area contributed by atoms with Crippen LogP contribution in [0.2, 0.25) is 0 Å². The molecule has 1 aromatic heterocycles. The Labute approximate surface area is 89.5 Å². The summed E-state index contributed by atoms with van der Waals surface area (Å²) in [5.74, 6) is 0. The molecule has 0 bridgehead atoms. The summed E-state index contributed by atoms with van der Waals surface area (Å²) in [7, 11) is 1.73. The maximum atomic E-state index is 5.14. The molecule has 3 nitrogen and oxygen atoms in total. The summed E-state index contributed by atoms with van der Waals surface area (Å²) in [5.41, 5.74) is 0. The zero-order valence-electron chi connectivity index (χ0n) is 9.04. The van der Waals surface area contributed by atoms with E-state index in [4.69, 9.17) is 4.74 Å². The van der Waals surface area contributed by atoms with E-state index in [-0.39, 0.29) is 6.10 Å². The van der Waals surface area contributed by atoms with Crippen molar-refractivity contribution in [1.82, 2.24) is 10.3 Å². The van der Waals surface area contributed by atoms with E-state index in [1.54, 1.807) is 18.4 Å². The molecule has 0 spiro atoms. The molecule has 80 valence electrons. The Kier molecular flexibility index (Phi) is 5.07. The second-order valence-corrected chi connectivity index (χ2v) is 4.45. The third-order valence-corrected chi connectivity index (χ3v) is 3.18. The average molecular weight is 214 g/mol. The van der Waals surface area contributed by atoms with E-state index in [1.165, 1.54) is 9.88 Å². The molecular weight excluding hydrogens is 196 g/mol. The summed E-state index contributed by atoms with van der Waals surface area (Å²) in [4.78, 5) is 5.60. The Hall–Kier alpha value is -0.450. The van der Waals surface area contributed by atoms with Crippen LogP contribution in [0, 0.1) is 0 Å². The molecule has 0 radical (unpaired) electrons. The zero-order valence-corrected chi connectivity index (χ0v) is 9.86. The van der Waals surface area contributed by atoms with Gasteiger partial charge < -0.3 is 10.1 Å². The van der Waals surface area contributed by atoms with Crippen LogP contribution in [0.4, 0.5) is 0 Å². The van der Waals surface area contributed by atoms with Crippen molar-refractivity contribution < 1.29 is 4.74 Å². The van der Waals surface area contributed by atoms with E-state index < -0.39 is 0 Å². The predicted octanol–water partition coefficient (Wildman–Crippen LogP) is 1.83. The van der Waals surface area contributed by atoms with Crippen LogP contribution in [0.3, 0.4) is 0 Å². The summed E-state index contributed by atoms with van der Waals surface area (Å²) in [6.45, 7) is 5.96. The first-order valence-electron chi connectivity index (χ1n) is 4.93. The van der Waals surface area contributed by atoms with Gasteiger partial charge in [0.1, 0.15) is 0 Å². The number of aromatic nitrogens is 1. The molecule has 0 aliphatic carbocycles. The van der Waals surface area contributed by atoms with E-state index in [0.29, 0.717) is 0 Å². The van der Waals surface area contributed by atoms with E-state index in [0.717, 1.165) is 19.5 Å². The zero-order chi connectivity index (χ0) is 10.4. The van der Waals surface area contributed by atoms with Crippen LogP contribution in [0.25, 0.3) is 0 Å². The number of hydrogen-bond acceptors (Lipinski definition) is 4. The quantitative estimate of drug-likeness (QED) is 0.784. The molecule has 0 saturated carbocycles. The second-order valence-electron chi connectivity index (χ2n) is 3.25. The number of nitrogens with one attached hydrogen (secondary N) is 1. The molecular formula is C10H18N2OS. The Balaban J connectivity index is 2.24. The highest BCUT2D eigenvalue weighted by atomic mass is 32.1. The van der Waals surface area contributed by atoms with E-state index >= 15 is 0 Å². The lowest BCUT2D eigenvalue weighted by Gasteiger charge is -2.09. The van der Waals surface area contributed by atoms with Crippen molar-refractivity contribution in [3.05, 3.63) is 16.1 Å². The Morgan fingerprint density at radius 1 is 1.64 bits per heavy atom. The molecule has 4 heteroatoms. The molecule has 1 aromatic rings. The van der Waals surface area contributed by atoms with Gasteiger partial charge in [0.25, 0.3) is 0 Å². The van der Waals surface area contributed by atoms with Crippen LogP contribution >= 0.6 is 11.3 Å². The molecule has 1 rings (SSSR count). The number of thiazole rings is 1. The largest absolute Gasteiger partial charge is 0.380 e. The molecule has 0 saturated heterocycles. The van der Waals surface area contributed by atoms with Gasteiger partial charge in [-0.05, 0) is 13.3 Å². The second kappa shape index (κ2) is 6.11. The van der Waals surface area contributed by atoms with Gasteiger partial charge in [0.2, 0.25) is 0 Å². The number of nitrogens with zero attached hydrogens (tertiary/aromatic N) is 1. The van der Waals surface area contributed by atoms with Crippen molar-refractivity contribution in [1.29, 1.82) is 0 Å². The van der Waals surface area contributed by atoms with Gasteiger partial charge in [-0.1, -0.05) is 6.92 Å². The molecule has 0 amide bonds. The minimum atomic E-state index is 0.272. The van der Waals surface area contributed by atoms with E-state index in [2.05, 4.69) is 24.1 Å². The normalized spacial score (nSPS) is 13.1. The topological polar surface area (TPSA) is 34.2 Å². The van der Waals surface area contributed by atoms with E-state index in [1.807, 2.05) is 6.20 Å². The molecule has 0 aromatic carbocycles. The molecule has 1 N–H and O–H groups in total. The SMILES string of the molecule is CCc1ncc(CNCC(C)OC)s1. The van der Waals surface area contributed by atoms with Gasteiger partial charge in [-0.15, -0.1) is 11.3 Å². The summed E-state index contributed by atoms with van der Waals surface area (Å²) < 4.78 is 5.14. The monoisotopic (exact) mass is 214 g/mol. The molecule has 0 aliphatic rings. The highest BCUT2D eigenvalue weighted by Gasteiger charge is 2.01. The van der Waals surface area contributed by atoms with Gasteiger partial charge in [-0.2, -0.15) is 0 Å². The van der Waals surface area contributed by atoms with Crippen molar-refractivity contribution >= 4 is 11.3 Å². The van der Waals surface area contributed by atoms with Gasteiger partial charge >= 0.3 is 0 Å². The van der Waals surface area contributed by atoms with Crippen LogP contribution in [0.15, 0.2) is 6.20 Å². The highest BCUT2D eigenvalue weighted by Crippen LogP contribution is 2.12. The first-order chi connectivity index (χ1) is 6.76. The highest BCUT2D eigenvalue weighted by molar-refractivity contribution is 7.11. The first kappa shape index (κ1) is 11.6. The molecule has 1 unspecified atom stereocenters. The predicted molar refractivity (Wildman–Crippen MR) is 59.7 cm³/mol. The Bertz CT molecular complexity index is 262. The Morgan fingerprint density at radius 2 is 2.43 bits per heavy atom. The van der Waals surface area contributed by atoms with Crippen LogP contribution in [0.5, 0.6) is 0 Å². The third-order valence-electron chi connectivity index (χ3n) is 2.04. The maximum Gasteiger partial charge on any atom is 0.0925 e. The fraction of sp³-hybridized carbons (Fsp3) is 0.700. The van der Waals surface area contributed by atoms with Crippen molar-refractivity contribution in [3.8, 4) is 0 Å². The van der Waals surface area contributed by atoms with Crippen molar-refractivity contribution in [2.24, 2.45) is 0 Å². The van der Waals surface area contributed by atoms with Crippen molar-refractivity contribution in [3.63, 3.8) is 0 Å². The van der Waals surface area contributed by atoms with Crippen LogP contribution < -0.4 is 5.32 Å². The average Bonchev–Trinajstić information content (AvgIpc) is 2.65. The number of rotatable bonds is 6. The number of aryl methyl sites for hydroxylation is 1. The van der Waals surface area contributed by atoms with Gasteiger partial charge in [0.15, 0.2) is 0 Å². The smallest absolute Gasteiger partial charge is 0.0925 e. The number of hydrogen-bond donors (Lipinski definition) is 1. The molecule has 14 heavy (non-hydrogen) atoms. The summed E-state index contributed by atoms with van der Waals surface area (Å²) in [6, 6.07) is 0. The van der Waals surface area contributed by atoms with E-state index in [9.17, 15) is 0 Å². The lowest BCUT2D eigenvalue weighted by molar-refractivity contribution is 0.117. The molecule has 1 heterocycles. The Morgan fingerprint density at radius 3 is 3.00 bits per heavy atom. The summed E-state index contributed by atoms with van der Waals surface area (Å²) >= 11 is 1.78. The van der Waals surface area contributed by atoms with Gasteiger partial charge in [-0.3, -0.25) is 0 Å². The standard InChI is InChI=1S/C10H18N2OS/c1-4-10-12-7-9(14-10)6-11-5-8(2)13-3/h7-8,11H,4-6H2,1-3H3. The third kappa shape index (κ3) is 3.74. The minimum absolute atomic E-state index is 0.272. The molecule has 0 fully saturated rings. The maximum absolute atomic E-state index is 5.14. The summed E-state index contributed by atoms with van der Waals surface area (Å²) in [5, 5.41) is 4.55. The van der Waals surface area contributed by atoms with Gasteiger partial charge in [-0.25, -0.2) is 4.98 Å². The van der Waals surface area contributed by atoms with Crippen LogP contribution in [0.1, 0.15) is 23.7 Å². The molecule has 0 aliphatic heterocycles. The fourth-order valence-electron chi connectivity index (χ4n) is 1.08. The van der Waals surface area contributed by atoms with Crippen molar-refractivity contribution in [2.75, 3.05) is 13.7 Å². The van der Waals surface area contributed by atoms with Crippen LogP contribution in [-0.2, 0) is 17.7 Å². The lowest BCUT2D eigenvalue weighted by Crippen LogP contribution is -2.25. The molecule has 1 atom stereocenters. The fourth-order valence-corrected chi connectivity index (χ4v) is 1.91. The number of ether oxygens (including phenoxy) is 1. The van der Waals surface area contributed by atoms with Crippen molar-refractivity contribution in [2.45, 2.75) is 32.9 Å². The lowest BCUT2D eigenvalue weighted by atomic mass is 10.4. The minimum Gasteiger partial charge on any atom is -0.380 e. The summed E-state index contributed by atoms with van der Waals surface area (Å²) in [6.07, 6.45) is 3.25. The van der Waals surface area contributed by atoms with Gasteiger partial charge in [0, 0.05) is 31.3 Å². The van der Waals surface area contributed by atoms with Gasteiger partial charge in [0.05, 0.1) is 11.1 Å². The first-order valence-corrected chi connectivity index (χ1v) is 5.75. The number of methoxy groups -OCH3 is 1.